The van der Waals surface area contributed by atoms with Gasteiger partial charge in [-0.05, 0) is 30.8 Å². The average molecular weight is 449 g/mol. The van der Waals surface area contributed by atoms with E-state index in [1.807, 2.05) is 34.4 Å². The highest BCUT2D eigenvalue weighted by Gasteiger charge is 2.49. The number of aliphatic carboxylic acids is 1. The number of halogens is 3. The number of amides is 2. The predicted octanol–water partition coefficient (Wildman–Crippen LogP) is 2.08. The van der Waals surface area contributed by atoms with Gasteiger partial charge < -0.3 is 14.9 Å². The maximum Gasteiger partial charge on any atom is 0.490 e. The van der Waals surface area contributed by atoms with Crippen LogP contribution in [0.15, 0.2) is 17.5 Å². The van der Waals surface area contributed by atoms with Crippen molar-refractivity contribution in [3.05, 3.63) is 22.4 Å². The molecule has 168 valence electrons. The van der Waals surface area contributed by atoms with Crippen LogP contribution in [0.4, 0.5) is 13.2 Å². The van der Waals surface area contributed by atoms with Gasteiger partial charge in [-0.3, -0.25) is 14.5 Å². The van der Waals surface area contributed by atoms with Crippen molar-refractivity contribution >= 4 is 29.1 Å². The second kappa shape index (κ2) is 9.78. The number of carboxylic acids is 1. The Kier molecular flexibility index (Phi) is 7.87. The summed E-state index contributed by atoms with van der Waals surface area (Å²) in [5, 5.41) is 9.13. The Morgan fingerprint density at radius 3 is 2.27 bits per heavy atom. The number of hydrogen-bond donors (Lipinski definition) is 1. The molecule has 0 unspecified atom stereocenters. The highest BCUT2D eigenvalue weighted by atomic mass is 32.1. The first-order valence-electron chi connectivity index (χ1n) is 9.62. The number of piperazine rings is 1. The zero-order valence-electron chi connectivity index (χ0n) is 16.9. The average Bonchev–Trinajstić information content (AvgIpc) is 3.19. The number of rotatable bonds is 3. The van der Waals surface area contributed by atoms with Gasteiger partial charge in [0.15, 0.2) is 0 Å². The van der Waals surface area contributed by atoms with Crippen molar-refractivity contribution in [3.63, 3.8) is 0 Å². The fourth-order valence-electron chi connectivity index (χ4n) is 3.87. The largest absolute Gasteiger partial charge is 0.490 e. The van der Waals surface area contributed by atoms with E-state index < -0.39 is 12.1 Å². The molecule has 7 nitrogen and oxygen atoms in total. The van der Waals surface area contributed by atoms with Crippen molar-refractivity contribution in [1.82, 2.24) is 14.7 Å². The number of likely N-dealkylation sites (N-methyl/N-ethyl adjacent to an activating group) is 2. The maximum absolute atomic E-state index is 12.8. The van der Waals surface area contributed by atoms with Crippen molar-refractivity contribution in [2.45, 2.75) is 37.9 Å². The standard InChI is InChI=1S/C17H25N3O2S.C2HF3O2/c1-3-20-11-10-18(2)16(22)17(20)6-8-19(9-7-17)15(21)13-14-5-4-12-23-14;3-2(4,5)1(6)7/h4-5,12H,3,6-11,13H2,1-2H3;(H,6,7). The SMILES string of the molecule is CCN1CCN(C)C(=O)C12CCN(C(=O)Cc1cccs1)CC2.O=C(O)C(F)(F)F. The van der Waals surface area contributed by atoms with E-state index in [-0.39, 0.29) is 17.4 Å². The smallest absolute Gasteiger partial charge is 0.475 e. The summed E-state index contributed by atoms with van der Waals surface area (Å²) in [6, 6.07) is 3.99. The second-order valence-corrected chi connectivity index (χ2v) is 8.31. The number of likely N-dealkylation sites (tertiary alicyclic amines) is 1. The minimum Gasteiger partial charge on any atom is -0.475 e. The number of nitrogens with zero attached hydrogens (tertiary/aromatic N) is 3. The number of carbonyl (C=O) groups is 3. The minimum atomic E-state index is -5.08. The minimum absolute atomic E-state index is 0.182. The van der Waals surface area contributed by atoms with E-state index in [2.05, 4.69) is 11.8 Å². The van der Waals surface area contributed by atoms with Crippen molar-refractivity contribution in [3.8, 4) is 0 Å². The summed E-state index contributed by atoms with van der Waals surface area (Å²) in [6.07, 6.45) is -3.10. The fourth-order valence-corrected chi connectivity index (χ4v) is 4.56. The van der Waals surface area contributed by atoms with Crippen LogP contribution in [0, 0.1) is 0 Å². The molecule has 0 bridgehead atoms. The molecule has 3 heterocycles. The van der Waals surface area contributed by atoms with Crippen molar-refractivity contribution in [2.75, 3.05) is 39.8 Å². The third kappa shape index (κ3) is 5.51. The Labute approximate surface area is 177 Å². The Balaban J connectivity index is 0.000000396. The molecule has 2 amide bonds. The van der Waals surface area contributed by atoms with Gasteiger partial charge in [0.1, 0.15) is 5.54 Å². The summed E-state index contributed by atoms with van der Waals surface area (Å²) in [5.41, 5.74) is -0.387. The van der Waals surface area contributed by atoms with Crippen LogP contribution >= 0.6 is 11.3 Å². The highest BCUT2D eigenvalue weighted by molar-refractivity contribution is 7.10. The number of carboxylic acid groups (broad SMARTS) is 1. The quantitative estimate of drug-likeness (QED) is 0.764. The number of thiophene rings is 1. The van der Waals surface area contributed by atoms with Gasteiger partial charge >= 0.3 is 12.1 Å². The summed E-state index contributed by atoms with van der Waals surface area (Å²) in [6.45, 7) is 6.11. The first-order valence-corrected chi connectivity index (χ1v) is 10.5. The topological polar surface area (TPSA) is 81.2 Å². The third-order valence-corrected chi connectivity index (χ3v) is 6.40. The molecule has 0 aliphatic carbocycles. The van der Waals surface area contributed by atoms with E-state index in [0.29, 0.717) is 19.5 Å². The summed E-state index contributed by atoms with van der Waals surface area (Å²) in [4.78, 5) is 41.4. The number of hydrogen-bond acceptors (Lipinski definition) is 5. The monoisotopic (exact) mass is 449 g/mol. The molecule has 0 saturated carbocycles. The van der Waals surface area contributed by atoms with Crippen LogP contribution in [0.25, 0.3) is 0 Å². The molecule has 1 spiro atoms. The molecule has 2 fully saturated rings. The normalized spacial score (nSPS) is 19.4. The van der Waals surface area contributed by atoms with Gasteiger partial charge in [-0.25, -0.2) is 4.79 Å². The van der Waals surface area contributed by atoms with Crippen molar-refractivity contribution < 1.29 is 32.7 Å². The van der Waals surface area contributed by atoms with Gasteiger partial charge in [0.2, 0.25) is 11.8 Å². The van der Waals surface area contributed by atoms with Gasteiger partial charge in [-0.1, -0.05) is 13.0 Å². The lowest BCUT2D eigenvalue weighted by Crippen LogP contribution is -2.68. The van der Waals surface area contributed by atoms with Gasteiger partial charge in [0, 0.05) is 38.1 Å². The Morgan fingerprint density at radius 2 is 1.80 bits per heavy atom. The molecule has 2 aliphatic rings. The lowest BCUT2D eigenvalue weighted by atomic mass is 9.82. The third-order valence-electron chi connectivity index (χ3n) is 5.53. The van der Waals surface area contributed by atoms with Crippen LogP contribution in [0.5, 0.6) is 0 Å². The van der Waals surface area contributed by atoms with E-state index in [9.17, 15) is 22.8 Å². The van der Waals surface area contributed by atoms with E-state index in [4.69, 9.17) is 9.90 Å². The predicted molar refractivity (Wildman–Crippen MR) is 105 cm³/mol. The van der Waals surface area contributed by atoms with Crippen LogP contribution < -0.4 is 0 Å². The van der Waals surface area contributed by atoms with Crippen LogP contribution in [0.3, 0.4) is 0 Å². The first kappa shape index (κ1) is 24.1. The summed E-state index contributed by atoms with van der Waals surface area (Å²) in [7, 11) is 1.89. The molecule has 1 N–H and O–H groups in total. The Bertz CT molecular complexity index is 747. The molecule has 1 aromatic rings. The number of carbonyl (C=O) groups excluding carboxylic acids is 2. The first-order chi connectivity index (χ1) is 14.0. The van der Waals surface area contributed by atoms with Crippen LogP contribution in [-0.4, -0.2) is 89.1 Å². The molecule has 2 aliphatic heterocycles. The number of piperidine rings is 1. The lowest BCUT2D eigenvalue weighted by Gasteiger charge is -2.52. The van der Waals surface area contributed by atoms with Crippen LogP contribution in [-0.2, 0) is 20.8 Å². The van der Waals surface area contributed by atoms with Crippen LogP contribution in [0.1, 0.15) is 24.6 Å². The van der Waals surface area contributed by atoms with Crippen molar-refractivity contribution in [2.24, 2.45) is 0 Å². The molecular weight excluding hydrogens is 423 g/mol. The van der Waals surface area contributed by atoms with E-state index in [1.165, 1.54) is 0 Å². The molecule has 0 radical (unpaired) electrons. The molecule has 0 aromatic carbocycles. The molecule has 11 heteroatoms. The molecular formula is C19H26F3N3O4S. The lowest BCUT2D eigenvalue weighted by molar-refractivity contribution is -0.192. The maximum atomic E-state index is 12.8. The van der Waals surface area contributed by atoms with E-state index in [0.717, 1.165) is 37.4 Å². The van der Waals surface area contributed by atoms with Gasteiger partial charge in [0.05, 0.1) is 6.42 Å². The Hall–Kier alpha value is -2.14. The summed E-state index contributed by atoms with van der Waals surface area (Å²) < 4.78 is 31.7. The van der Waals surface area contributed by atoms with Gasteiger partial charge in [0.25, 0.3) is 0 Å². The Morgan fingerprint density at radius 1 is 1.20 bits per heavy atom. The molecule has 30 heavy (non-hydrogen) atoms. The molecule has 0 atom stereocenters. The number of alkyl halides is 3. The van der Waals surface area contributed by atoms with Gasteiger partial charge in [-0.15, -0.1) is 11.3 Å². The molecule has 3 rings (SSSR count). The fraction of sp³-hybridized carbons (Fsp3) is 0.632. The summed E-state index contributed by atoms with van der Waals surface area (Å²) in [5.74, 6) is -2.34. The van der Waals surface area contributed by atoms with Crippen molar-refractivity contribution in [1.29, 1.82) is 0 Å². The van der Waals surface area contributed by atoms with Crippen LogP contribution in [0.2, 0.25) is 0 Å². The van der Waals surface area contributed by atoms with E-state index >= 15 is 0 Å². The second-order valence-electron chi connectivity index (χ2n) is 7.28. The van der Waals surface area contributed by atoms with E-state index in [1.54, 1.807) is 11.3 Å². The highest BCUT2D eigenvalue weighted by Crippen LogP contribution is 2.33. The zero-order chi connectivity index (χ0) is 22.5. The summed E-state index contributed by atoms with van der Waals surface area (Å²) >= 11 is 1.62. The zero-order valence-corrected chi connectivity index (χ0v) is 17.8. The molecule has 2 saturated heterocycles. The molecule has 1 aromatic heterocycles. The van der Waals surface area contributed by atoms with Gasteiger partial charge in [-0.2, -0.15) is 13.2 Å².